The number of halogens is 2. The Morgan fingerprint density at radius 2 is 1.77 bits per heavy atom. The summed E-state index contributed by atoms with van der Waals surface area (Å²) >= 11 is 12.5. The molecule has 30 heavy (non-hydrogen) atoms. The van der Waals surface area contributed by atoms with E-state index in [-0.39, 0.29) is 18.5 Å². The van der Waals surface area contributed by atoms with E-state index in [9.17, 15) is 9.59 Å². The van der Waals surface area contributed by atoms with E-state index in [0.717, 1.165) is 24.5 Å². The molecule has 0 radical (unpaired) electrons. The number of hydrogen-bond donors (Lipinski definition) is 2. The third-order valence-electron chi connectivity index (χ3n) is 5.32. The van der Waals surface area contributed by atoms with Crippen molar-refractivity contribution in [2.24, 2.45) is 0 Å². The second-order valence-electron chi connectivity index (χ2n) is 7.32. The molecule has 3 amide bonds. The Bertz CT molecular complexity index is 947. The summed E-state index contributed by atoms with van der Waals surface area (Å²) in [6, 6.07) is 13.0. The quantitative estimate of drug-likeness (QED) is 0.757. The molecule has 0 spiro atoms. The van der Waals surface area contributed by atoms with Gasteiger partial charge in [0.1, 0.15) is 0 Å². The molecule has 4 rings (SSSR count). The first-order chi connectivity index (χ1) is 14.5. The minimum absolute atomic E-state index is 0.0217. The number of rotatable bonds is 3. The van der Waals surface area contributed by atoms with Crippen LogP contribution in [0.1, 0.15) is 0 Å². The molecule has 0 unspecified atom stereocenters. The zero-order chi connectivity index (χ0) is 21.1. The molecule has 7 nitrogen and oxygen atoms in total. The van der Waals surface area contributed by atoms with E-state index in [4.69, 9.17) is 23.2 Å². The Kier molecular flexibility index (Phi) is 6.20. The molecule has 2 saturated heterocycles. The summed E-state index contributed by atoms with van der Waals surface area (Å²) in [5.74, 6) is -0.0217. The number of anilines is 3. The highest BCUT2D eigenvalue weighted by Gasteiger charge is 2.22. The van der Waals surface area contributed by atoms with Crippen molar-refractivity contribution in [1.82, 2.24) is 10.2 Å². The molecule has 2 aromatic carbocycles. The molecule has 0 saturated carbocycles. The lowest BCUT2D eigenvalue weighted by Gasteiger charge is -2.36. The minimum Gasteiger partial charge on any atom is -0.368 e. The Labute approximate surface area is 185 Å². The third-order valence-corrected chi connectivity index (χ3v) is 5.86. The first-order valence-electron chi connectivity index (χ1n) is 9.87. The SMILES string of the molecule is O=C1CN(c2ccc(NC(=O)N3CCN(c4cccc(Cl)c4)CC3)cc2Cl)CCN1. The number of urea groups is 1. The van der Waals surface area contributed by atoms with Gasteiger partial charge in [-0.15, -0.1) is 0 Å². The molecule has 2 aliphatic rings. The number of hydrogen-bond acceptors (Lipinski definition) is 4. The summed E-state index contributed by atoms with van der Waals surface area (Å²) in [5, 5.41) is 6.93. The predicted octanol–water partition coefficient (Wildman–Crippen LogP) is 3.28. The van der Waals surface area contributed by atoms with E-state index in [1.165, 1.54) is 0 Å². The van der Waals surface area contributed by atoms with Crippen molar-refractivity contribution >= 4 is 52.2 Å². The summed E-state index contributed by atoms with van der Waals surface area (Å²) in [7, 11) is 0. The standard InChI is InChI=1S/C21H23Cl2N5O2/c22-15-2-1-3-17(12-15)26-8-10-27(11-9-26)21(30)25-16-4-5-19(18(23)13-16)28-7-6-24-20(29)14-28/h1-5,12-13H,6-11,14H2,(H,24,29)(H,25,30). The van der Waals surface area contributed by atoms with Crippen LogP contribution in [0.3, 0.4) is 0 Å². The van der Waals surface area contributed by atoms with Gasteiger partial charge in [-0.2, -0.15) is 0 Å². The fourth-order valence-electron chi connectivity index (χ4n) is 3.73. The van der Waals surface area contributed by atoms with Crippen LogP contribution in [0.5, 0.6) is 0 Å². The van der Waals surface area contributed by atoms with Gasteiger partial charge in [-0.1, -0.05) is 29.3 Å². The normalized spacial score (nSPS) is 17.0. The predicted molar refractivity (Wildman–Crippen MR) is 121 cm³/mol. The maximum absolute atomic E-state index is 12.7. The van der Waals surface area contributed by atoms with Gasteiger partial charge in [0.15, 0.2) is 0 Å². The molecule has 9 heteroatoms. The van der Waals surface area contributed by atoms with E-state index in [1.807, 2.05) is 41.3 Å². The highest BCUT2D eigenvalue weighted by Crippen LogP contribution is 2.29. The molecule has 0 aromatic heterocycles. The van der Waals surface area contributed by atoms with Gasteiger partial charge in [0, 0.05) is 55.7 Å². The van der Waals surface area contributed by atoms with E-state index in [2.05, 4.69) is 15.5 Å². The fraction of sp³-hybridized carbons (Fsp3) is 0.333. The van der Waals surface area contributed by atoms with Gasteiger partial charge in [-0.3, -0.25) is 4.79 Å². The average molecular weight is 448 g/mol. The summed E-state index contributed by atoms with van der Waals surface area (Å²) < 4.78 is 0. The van der Waals surface area contributed by atoms with Crippen LogP contribution in [-0.4, -0.2) is 62.7 Å². The number of piperazine rings is 2. The minimum atomic E-state index is -0.151. The van der Waals surface area contributed by atoms with Crippen molar-refractivity contribution in [3.8, 4) is 0 Å². The third kappa shape index (κ3) is 4.74. The molecule has 2 heterocycles. The summed E-state index contributed by atoms with van der Waals surface area (Å²) in [6.45, 7) is 4.29. The van der Waals surface area contributed by atoms with Gasteiger partial charge in [0.25, 0.3) is 0 Å². The lowest BCUT2D eigenvalue weighted by molar-refractivity contribution is -0.120. The van der Waals surface area contributed by atoms with Crippen molar-refractivity contribution in [2.75, 3.05) is 60.9 Å². The van der Waals surface area contributed by atoms with Crippen LogP contribution < -0.4 is 20.4 Å². The van der Waals surface area contributed by atoms with Crippen LogP contribution in [0.15, 0.2) is 42.5 Å². The number of nitrogens with one attached hydrogen (secondary N) is 2. The van der Waals surface area contributed by atoms with Gasteiger partial charge in [-0.25, -0.2) is 4.79 Å². The highest BCUT2D eigenvalue weighted by molar-refractivity contribution is 6.33. The monoisotopic (exact) mass is 447 g/mol. The van der Waals surface area contributed by atoms with E-state index in [1.54, 1.807) is 11.0 Å². The van der Waals surface area contributed by atoms with Crippen molar-refractivity contribution in [1.29, 1.82) is 0 Å². The second kappa shape index (κ2) is 9.02. The van der Waals surface area contributed by atoms with E-state index < -0.39 is 0 Å². The maximum atomic E-state index is 12.7. The number of carbonyl (C=O) groups is 2. The van der Waals surface area contributed by atoms with Crippen molar-refractivity contribution < 1.29 is 9.59 Å². The van der Waals surface area contributed by atoms with Crippen molar-refractivity contribution in [3.05, 3.63) is 52.5 Å². The second-order valence-corrected chi connectivity index (χ2v) is 8.17. The van der Waals surface area contributed by atoms with E-state index >= 15 is 0 Å². The average Bonchev–Trinajstić information content (AvgIpc) is 2.74. The first-order valence-corrected chi connectivity index (χ1v) is 10.6. The fourth-order valence-corrected chi connectivity index (χ4v) is 4.21. The van der Waals surface area contributed by atoms with Gasteiger partial charge in [0.2, 0.25) is 5.91 Å². The number of benzene rings is 2. The zero-order valence-electron chi connectivity index (χ0n) is 16.4. The Morgan fingerprint density at radius 3 is 2.47 bits per heavy atom. The lowest BCUT2D eigenvalue weighted by Crippen LogP contribution is -2.50. The van der Waals surface area contributed by atoms with Crippen LogP contribution in [0, 0.1) is 0 Å². The van der Waals surface area contributed by atoms with E-state index in [0.29, 0.717) is 41.9 Å². The van der Waals surface area contributed by atoms with Crippen LogP contribution in [-0.2, 0) is 4.79 Å². The zero-order valence-corrected chi connectivity index (χ0v) is 17.9. The largest absolute Gasteiger partial charge is 0.368 e. The molecule has 0 aliphatic carbocycles. The lowest BCUT2D eigenvalue weighted by atomic mass is 10.2. The smallest absolute Gasteiger partial charge is 0.321 e. The number of carbonyl (C=O) groups excluding carboxylic acids is 2. The van der Waals surface area contributed by atoms with Gasteiger partial charge < -0.3 is 25.3 Å². The van der Waals surface area contributed by atoms with Gasteiger partial charge in [0.05, 0.1) is 17.3 Å². The molecule has 2 aromatic rings. The topological polar surface area (TPSA) is 67.9 Å². The molecule has 158 valence electrons. The van der Waals surface area contributed by atoms with Crippen LogP contribution in [0.25, 0.3) is 0 Å². The van der Waals surface area contributed by atoms with Crippen molar-refractivity contribution in [2.45, 2.75) is 0 Å². The molecular formula is C21H23Cl2N5O2. The number of amides is 3. The van der Waals surface area contributed by atoms with Crippen LogP contribution >= 0.6 is 23.2 Å². The molecule has 2 fully saturated rings. The summed E-state index contributed by atoms with van der Waals surface area (Å²) in [5.41, 5.74) is 2.49. The van der Waals surface area contributed by atoms with Crippen LogP contribution in [0.2, 0.25) is 10.0 Å². The molecule has 0 atom stereocenters. The molecular weight excluding hydrogens is 425 g/mol. The number of nitrogens with zero attached hydrogens (tertiary/aromatic N) is 3. The maximum Gasteiger partial charge on any atom is 0.321 e. The van der Waals surface area contributed by atoms with Crippen molar-refractivity contribution in [3.63, 3.8) is 0 Å². The van der Waals surface area contributed by atoms with Crippen LogP contribution in [0.4, 0.5) is 21.9 Å². The Morgan fingerprint density at radius 1 is 0.967 bits per heavy atom. The van der Waals surface area contributed by atoms with Gasteiger partial charge >= 0.3 is 6.03 Å². The summed E-state index contributed by atoms with van der Waals surface area (Å²) in [4.78, 5) is 30.2. The summed E-state index contributed by atoms with van der Waals surface area (Å²) in [6.07, 6.45) is 0. The highest BCUT2D eigenvalue weighted by atomic mass is 35.5. The molecule has 0 bridgehead atoms. The Balaban J connectivity index is 1.34. The first kappa shape index (κ1) is 20.6. The Hall–Kier alpha value is -2.64. The van der Waals surface area contributed by atoms with Gasteiger partial charge in [-0.05, 0) is 36.4 Å². The molecule has 2 aliphatic heterocycles. The molecule has 2 N–H and O–H groups in total.